The number of nitro benzene ring substituents is 1. The predicted molar refractivity (Wildman–Crippen MR) is 129 cm³/mol. The molecule has 0 atom stereocenters. The van der Waals surface area contributed by atoms with E-state index >= 15 is 0 Å². The quantitative estimate of drug-likeness (QED) is 0.151. The molecule has 33 heavy (non-hydrogen) atoms. The van der Waals surface area contributed by atoms with E-state index in [1.807, 2.05) is 24.3 Å². The van der Waals surface area contributed by atoms with Gasteiger partial charge in [0, 0.05) is 21.9 Å². The molecular weight excluding hydrogens is 513 g/mol. The van der Waals surface area contributed by atoms with Crippen molar-refractivity contribution in [1.29, 1.82) is 0 Å². The van der Waals surface area contributed by atoms with Crippen LogP contribution in [0.5, 0.6) is 0 Å². The Labute approximate surface area is 201 Å². The summed E-state index contributed by atoms with van der Waals surface area (Å²) in [6.07, 6.45) is 1.47. The summed E-state index contributed by atoms with van der Waals surface area (Å²) in [6.45, 7) is 1.60. The van der Waals surface area contributed by atoms with Crippen molar-refractivity contribution in [2.24, 2.45) is 0 Å². The summed E-state index contributed by atoms with van der Waals surface area (Å²) in [6, 6.07) is 15.2. The summed E-state index contributed by atoms with van der Waals surface area (Å²) in [4.78, 5) is 35.1. The van der Waals surface area contributed by atoms with Gasteiger partial charge in [0.2, 0.25) is 5.82 Å². The molecule has 3 aromatic rings. The second-order valence-corrected chi connectivity index (χ2v) is 8.99. The first-order valence-electron chi connectivity index (χ1n) is 9.57. The minimum atomic E-state index is -1.09. The number of hydrogen-bond donors (Lipinski definition) is 1. The zero-order valence-corrected chi connectivity index (χ0v) is 19.7. The van der Waals surface area contributed by atoms with E-state index in [1.165, 1.54) is 42.1 Å². The number of carboxylic acid groups (broad SMARTS) is 1. The van der Waals surface area contributed by atoms with Crippen molar-refractivity contribution in [2.45, 2.75) is 12.7 Å². The first-order chi connectivity index (χ1) is 15.7. The van der Waals surface area contributed by atoms with Crippen LogP contribution in [0.25, 0.3) is 6.08 Å². The molecule has 0 amide bonds. The zero-order valence-electron chi connectivity index (χ0n) is 17.2. The molecule has 3 aromatic carbocycles. The summed E-state index contributed by atoms with van der Waals surface area (Å²) in [5, 5.41) is 20.3. The van der Waals surface area contributed by atoms with Crippen molar-refractivity contribution in [1.82, 2.24) is 0 Å². The lowest BCUT2D eigenvalue weighted by Gasteiger charge is -2.10. The van der Waals surface area contributed by atoms with E-state index in [4.69, 9.17) is 0 Å². The number of ketones is 1. The Morgan fingerprint density at radius 3 is 2.42 bits per heavy atom. The van der Waals surface area contributed by atoms with Gasteiger partial charge < -0.3 is 5.11 Å². The van der Waals surface area contributed by atoms with Crippen molar-refractivity contribution in [3.05, 3.63) is 114 Å². The molecule has 0 aliphatic rings. The van der Waals surface area contributed by atoms with Gasteiger partial charge in [-0.05, 0) is 60.0 Å². The number of carboxylic acids is 1. The van der Waals surface area contributed by atoms with Crippen LogP contribution in [0.3, 0.4) is 0 Å². The molecule has 0 spiro atoms. The van der Waals surface area contributed by atoms with Gasteiger partial charge in [-0.25, -0.2) is 4.79 Å². The molecule has 0 unspecified atom stereocenters. The fraction of sp³-hybridized carbons (Fsp3) is 0.0833. The van der Waals surface area contributed by atoms with Gasteiger partial charge in [-0.15, -0.1) is 11.8 Å². The Morgan fingerprint density at radius 2 is 1.82 bits per heavy atom. The summed E-state index contributed by atoms with van der Waals surface area (Å²) >= 11 is 4.60. The van der Waals surface area contributed by atoms with Gasteiger partial charge in [0.05, 0.1) is 15.4 Å². The van der Waals surface area contributed by atoms with E-state index in [2.05, 4.69) is 15.9 Å². The van der Waals surface area contributed by atoms with Gasteiger partial charge >= 0.3 is 11.7 Å². The van der Waals surface area contributed by atoms with E-state index in [0.29, 0.717) is 16.9 Å². The number of rotatable bonds is 8. The smallest absolute Gasteiger partial charge is 0.335 e. The maximum absolute atomic E-state index is 13.7. The fourth-order valence-corrected chi connectivity index (χ4v) is 4.26. The molecule has 3 rings (SSSR count). The van der Waals surface area contributed by atoms with Crippen molar-refractivity contribution < 1.29 is 24.0 Å². The van der Waals surface area contributed by atoms with Crippen LogP contribution in [-0.4, -0.2) is 21.8 Å². The molecule has 168 valence electrons. The highest BCUT2D eigenvalue weighted by Gasteiger charge is 2.18. The number of allylic oxidation sites excluding steroid dienone is 1. The van der Waals surface area contributed by atoms with Gasteiger partial charge in [-0.1, -0.05) is 40.2 Å². The molecule has 0 saturated heterocycles. The maximum Gasteiger partial charge on any atom is 0.335 e. The highest BCUT2D eigenvalue weighted by Crippen LogP contribution is 2.30. The third kappa shape index (κ3) is 6.15. The van der Waals surface area contributed by atoms with Crippen molar-refractivity contribution >= 4 is 51.2 Å². The van der Waals surface area contributed by atoms with Crippen LogP contribution in [-0.2, 0) is 5.75 Å². The van der Waals surface area contributed by atoms with Crippen LogP contribution >= 0.6 is 27.7 Å². The highest BCUT2D eigenvalue weighted by molar-refractivity contribution is 9.10. The highest BCUT2D eigenvalue weighted by atomic mass is 79.9. The van der Waals surface area contributed by atoms with Gasteiger partial charge in [0.25, 0.3) is 0 Å². The van der Waals surface area contributed by atoms with E-state index in [0.717, 1.165) is 22.2 Å². The van der Waals surface area contributed by atoms with E-state index in [9.17, 15) is 29.2 Å². The molecule has 0 aliphatic carbocycles. The normalized spacial score (nSPS) is 11.3. The van der Waals surface area contributed by atoms with Crippen LogP contribution in [0, 0.1) is 22.9 Å². The second-order valence-electron chi connectivity index (χ2n) is 7.06. The van der Waals surface area contributed by atoms with E-state index in [1.54, 1.807) is 6.92 Å². The minimum Gasteiger partial charge on any atom is -0.478 e. The van der Waals surface area contributed by atoms with Crippen LogP contribution in [0.4, 0.5) is 10.1 Å². The van der Waals surface area contributed by atoms with Crippen molar-refractivity contribution in [3.8, 4) is 0 Å². The number of halogens is 2. The monoisotopic (exact) mass is 529 g/mol. The van der Waals surface area contributed by atoms with Gasteiger partial charge in [-0.2, -0.15) is 4.39 Å². The SMILES string of the molecule is Cc1cc(C(=O)C(=Cc2ccc(F)c([N+](=O)[O-])c2)SCc2ccc(Br)cc2)ccc1C(=O)O. The van der Waals surface area contributed by atoms with Crippen LogP contribution < -0.4 is 0 Å². The molecular formula is C24H17BrFNO5S. The Hall–Kier alpha value is -3.30. The molecule has 0 bridgehead atoms. The molecule has 0 aliphatic heterocycles. The molecule has 1 N–H and O–H groups in total. The molecule has 0 saturated carbocycles. The Balaban J connectivity index is 2.00. The molecule has 0 aromatic heterocycles. The maximum atomic E-state index is 13.7. The number of nitro groups is 1. The Morgan fingerprint density at radius 1 is 1.12 bits per heavy atom. The summed E-state index contributed by atoms with van der Waals surface area (Å²) in [7, 11) is 0. The van der Waals surface area contributed by atoms with Crippen LogP contribution in [0.2, 0.25) is 0 Å². The lowest BCUT2D eigenvalue weighted by Crippen LogP contribution is -2.05. The van der Waals surface area contributed by atoms with Crippen LogP contribution in [0.1, 0.15) is 37.4 Å². The third-order valence-electron chi connectivity index (χ3n) is 4.72. The number of thioether (sulfide) groups is 1. The number of hydrogen-bond acceptors (Lipinski definition) is 5. The lowest BCUT2D eigenvalue weighted by molar-refractivity contribution is -0.387. The number of nitrogens with zero attached hydrogens (tertiary/aromatic N) is 1. The zero-order chi connectivity index (χ0) is 24.1. The number of aryl methyl sites for hydroxylation is 1. The average Bonchev–Trinajstić information content (AvgIpc) is 2.77. The van der Waals surface area contributed by atoms with E-state index < -0.39 is 22.4 Å². The number of benzene rings is 3. The standard InChI is InChI=1S/C24H17BrFNO5S/c1-14-10-17(5-8-19(14)24(29)30)23(28)22(33-13-15-2-6-18(25)7-3-15)12-16-4-9-20(26)21(11-16)27(31)32/h2-12H,13H2,1H3,(H,29,30). The van der Waals surface area contributed by atoms with Gasteiger partial charge in [0.1, 0.15) is 0 Å². The average molecular weight is 530 g/mol. The predicted octanol–water partition coefficient (Wildman–Crippen LogP) is 6.66. The van der Waals surface area contributed by atoms with Crippen molar-refractivity contribution in [2.75, 3.05) is 0 Å². The first kappa shape index (κ1) is 24.3. The molecule has 9 heteroatoms. The summed E-state index contributed by atoms with van der Waals surface area (Å²) < 4.78 is 14.7. The fourth-order valence-electron chi connectivity index (χ4n) is 3.01. The lowest BCUT2D eigenvalue weighted by atomic mass is 10.0. The summed E-state index contributed by atoms with van der Waals surface area (Å²) in [5.41, 5.74) is 1.37. The molecule has 0 heterocycles. The van der Waals surface area contributed by atoms with E-state index in [-0.39, 0.29) is 21.8 Å². The number of carbonyl (C=O) groups is 2. The van der Waals surface area contributed by atoms with Crippen molar-refractivity contribution in [3.63, 3.8) is 0 Å². The van der Waals surface area contributed by atoms with Gasteiger partial charge in [0.15, 0.2) is 5.78 Å². The largest absolute Gasteiger partial charge is 0.478 e. The first-order valence-corrected chi connectivity index (χ1v) is 11.3. The third-order valence-corrected chi connectivity index (χ3v) is 6.34. The molecule has 0 radical (unpaired) electrons. The van der Waals surface area contributed by atoms with Gasteiger partial charge in [-0.3, -0.25) is 14.9 Å². The Bertz CT molecular complexity index is 1270. The summed E-state index contributed by atoms with van der Waals surface area (Å²) in [5.74, 6) is -1.98. The number of carbonyl (C=O) groups excluding carboxylic acids is 1. The minimum absolute atomic E-state index is 0.0914. The molecule has 6 nitrogen and oxygen atoms in total. The topological polar surface area (TPSA) is 97.5 Å². The number of aromatic carboxylic acids is 1. The molecule has 0 fully saturated rings. The second kappa shape index (κ2) is 10.5. The Kier molecular flexibility index (Phi) is 7.78. The van der Waals surface area contributed by atoms with Crippen LogP contribution in [0.15, 0.2) is 70.0 Å². The number of Topliss-reactive ketones (excluding diaryl/α,β-unsaturated/α-hetero) is 1.